The Morgan fingerprint density at radius 1 is 1.15 bits per heavy atom. The summed E-state index contributed by atoms with van der Waals surface area (Å²) in [6.45, 7) is 7.10. The highest BCUT2D eigenvalue weighted by Crippen LogP contribution is 2.37. The standard InChI is InChI=1S/C18H17FN4O2S.C15H18N4O7S/c1-4-5-22-13-7-12(11(19)6-14(13)25-9-16(22)24)20-17-23-10-18(2,3)8-15(23)21-26-17;1-4-25-10-7-5-6-8-11(10)26-27(21,22)19-15(20)18-14-16-12(23-2)9-13(17-14)24-3/h1,6-7H,5,8-10H2,2-3H3;5-9H,4H2,1-3H3,(H2,16,17,18,19,20). The zero-order valence-corrected chi connectivity index (χ0v) is 30.8. The molecule has 4 aromatic rings. The second kappa shape index (κ2) is 16.2. The molecule has 4 heterocycles. The van der Waals surface area contributed by atoms with Crippen LogP contribution in [-0.2, 0) is 28.1 Å². The molecule has 0 aliphatic carbocycles. The van der Waals surface area contributed by atoms with Crippen molar-refractivity contribution < 1.29 is 45.5 Å². The molecule has 0 atom stereocenters. The molecule has 2 aromatic heterocycles. The fourth-order valence-corrected chi connectivity index (χ4v) is 6.54. The van der Waals surface area contributed by atoms with Crippen LogP contribution in [-0.4, -0.2) is 73.2 Å². The molecule has 2 aliphatic heterocycles. The molecule has 17 nitrogen and oxygen atoms in total. The van der Waals surface area contributed by atoms with Crippen molar-refractivity contribution in [2.45, 2.75) is 33.7 Å². The summed E-state index contributed by atoms with van der Waals surface area (Å²) in [5.74, 6) is 3.06. The third kappa shape index (κ3) is 9.49. The summed E-state index contributed by atoms with van der Waals surface area (Å²) in [6, 6.07) is 9.13. The number of ether oxygens (including phenoxy) is 4. The normalized spacial score (nSPS) is 14.4. The average molecular weight is 771 g/mol. The molecule has 0 saturated carbocycles. The second-order valence-electron chi connectivity index (χ2n) is 11.9. The van der Waals surface area contributed by atoms with Gasteiger partial charge in [0.1, 0.15) is 17.3 Å². The zero-order valence-electron chi connectivity index (χ0n) is 29.2. The predicted octanol–water partition coefficient (Wildman–Crippen LogP) is 3.59. The summed E-state index contributed by atoms with van der Waals surface area (Å²) >= 11 is 1.24. The molecule has 2 aromatic carbocycles. The summed E-state index contributed by atoms with van der Waals surface area (Å²) in [6.07, 6.45) is 6.22. The number of nitrogens with zero attached hydrogens (tertiary/aromatic N) is 6. The lowest BCUT2D eigenvalue weighted by molar-refractivity contribution is -0.121. The third-order valence-corrected chi connectivity index (χ3v) is 8.94. The number of fused-ring (bicyclic) bond motifs is 2. The lowest BCUT2D eigenvalue weighted by atomic mass is 9.92. The Bertz CT molecular complexity index is 2210. The third-order valence-electron chi connectivity index (χ3n) is 7.32. The molecule has 0 radical (unpaired) electrons. The summed E-state index contributed by atoms with van der Waals surface area (Å²) in [5, 5.41) is 2.15. The van der Waals surface area contributed by atoms with Crippen molar-refractivity contribution in [2.75, 3.05) is 44.2 Å². The smallest absolute Gasteiger partial charge is 0.411 e. The van der Waals surface area contributed by atoms with Gasteiger partial charge in [0.2, 0.25) is 22.5 Å². The number of carbonyl (C=O) groups excluding carboxylic acids is 2. The summed E-state index contributed by atoms with van der Waals surface area (Å²) < 4.78 is 72.1. The molecule has 280 valence electrons. The molecule has 2 aliphatic rings. The van der Waals surface area contributed by atoms with E-state index in [0.717, 1.165) is 18.8 Å². The van der Waals surface area contributed by atoms with E-state index in [9.17, 15) is 22.4 Å². The molecule has 0 fully saturated rings. The monoisotopic (exact) mass is 770 g/mol. The zero-order chi connectivity index (χ0) is 38.3. The van der Waals surface area contributed by atoms with Gasteiger partial charge in [0.05, 0.1) is 39.1 Å². The first-order chi connectivity index (χ1) is 25.2. The minimum atomic E-state index is -4.49. The van der Waals surface area contributed by atoms with Crippen LogP contribution >= 0.6 is 11.5 Å². The number of anilines is 2. The number of benzene rings is 2. The molecule has 3 amide bonds. The number of amides is 3. The molecule has 0 spiro atoms. The van der Waals surface area contributed by atoms with Crippen LogP contribution < -0.4 is 42.9 Å². The Morgan fingerprint density at radius 3 is 2.51 bits per heavy atom. The van der Waals surface area contributed by atoms with Crippen LogP contribution in [0.3, 0.4) is 0 Å². The van der Waals surface area contributed by atoms with Crippen LogP contribution in [0.1, 0.15) is 26.6 Å². The topological polar surface area (TPSA) is 198 Å². The van der Waals surface area contributed by atoms with Gasteiger partial charge in [-0.1, -0.05) is 31.9 Å². The van der Waals surface area contributed by atoms with E-state index in [2.05, 4.69) is 44.4 Å². The van der Waals surface area contributed by atoms with Gasteiger partial charge in [-0.25, -0.2) is 18.9 Å². The fraction of sp³-hybridized carbons (Fsp3) is 0.333. The van der Waals surface area contributed by atoms with Gasteiger partial charge in [-0.2, -0.15) is 22.8 Å². The van der Waals surface area contributed by atoms with Crippen molar-refractivity contribution in [3.63, 3.8) is 0 Å². The Labute approximate surface area is 308 Å². The van der Waals surface area contributed by atoms with E-state index in [1.54, 1.807) is 23.8 Å². The van der Waals surface area contributed by atoms with Crippen LogP contribution in [0, 0.1) is 23.6 Å². The first kappa shape index (κ1) is 38.3. The van der Waals surface area contributed by atoms with E-state index in [1.165, 1.54) is 61.0 Å². The summed E-state index contributed by atoms with van der Waals surface area (Å²) in [4.78, 5) is 38.2. The van der Waals surface area contributed by atoms with Gasteiger partial charge < -0.3 is 27.7 Å². The van der Waals surface area contributed by atoms with Crippen LogP contribution in [0.15, 0.2) is 47.5 Å². The van der Waals surface area contributed by atoms with Gasteiger partial charge in [0.15, 0.2) is 23.9 Å². The Hall–Kier alpha value is -5.94. The maximum atomic E-state index is 14.5. The lowest BCUT2D eigenvalue weighted by Crippen LogP contribution is -2.39. The van der Waals surface area contributed by atoms with Crippen molar-refractivity contribution in [3.8, 4) is 41.4 Å². The largest absolute Gasteiger partial charge is 0.490 e. The van der Waals surface area contributed by atoms with Gasteiger partial charge in [0.25, 0.3) is 5.91 Å². The molecular weight excluding hydrogens is 736 g/mol. The van der Waals surface area contributed by atoms with Gasteiger partial charge in [-0.15, -0.1) is 6.42 Å². The minimum Gasteiger partial charge on any atom is -0.490 e. The average Bonchev–Trinajstić information content (AvgIpc) is 3.61. The van der Waals surface area contributed by atoms with Crippen LogP contribution in [0.2, 0.25) is 0 Å². The molecule has 0 bridgehead atoms. The Balaban J connectivity index is 0.000000204. The lowest BCUT2D eigenvalue weighted by Gasteiger charge is -2.28. The SMILES string of the molecule is C#CCN1C(=O)COc2cc(F)c(N=c3snc4n3CC(C)(C)C4)cc21.CCOc1ccccc1OS(=O)(=O)NC(=O)Nc1nc(OC)cc(OC)n1. The van der Waals surface area contributed by atoms with E-state index >= 15 is 0 Å². The van der Waals surface area contributed by atoms with Crippen molar-refractivity contribution in [2.24, 2.45) is 10.4 Å². The summed E-state index contributed by atoms with van der Waals surface area (Å²) in [7, 11) is -1.76. The highest BCUT2D eigenvalue weighted by molar-refractivity contribution is 7.85. The van der Waals surface area contributed by atoms with Gasteiger partial charge >= 0.3 is 16.3 Å². The summed E-state index contributed by atoms with van der Waals surface area (Å²) in [5.41, 5.74) is 0.678. The Morgan fingerprint density at radius 2 is 1.85 bits per heavy atom. The van der Waals surface area contributed by atoms with Gasteiger partial charge in [-0.3, -0.25) is 15.0 Å². The van der Waals surface area contributed by atoms with Crippen LogP contribution in [0.25, 0.3) is 0 Å². The quantitative estimate of drug-likeness (QED) is 0.223. The van der Waals surface area contributed by atoms with Crippen molar-refractivity contribution in [1.82, 2.24) is 23.6 Å². The number of hydrogen-bond donors (Lipinski definition) is 2. The number of urea groups is 1. The van der Waals surface area contributed by atoms with E-state index in [4.69, 9.17) is 29.6 Å². The van der Waals surface area contributed by atoms with Crippen molar-refractivity contribution in [1.29, 1.82) is 0 Å². The highest BCUT2D eigenvalue weighted by atomic mass is 32.2. The highest BCUT2D eigenvalue weighted by Gasteiger charge is 2.31. The number of carbonyl (C=O) groups is 2. The number of methoxy groups -OCH3 is 2. The van der Waals surface area contributed by atoms with Crippen molar-refractivity contribution in [3.05, 3.63) is 58.9 Å². The molecule has 20 heteroatoms. The molecule has 53 heavy (non-hydrogen) atoms. The number of hydrogen-bond acceptors (Lipinski definition) is 14. The molecule has 6 rings (SSSR count). The van der Waals surface area contributed by atoms with E-state index in [0.29, 0.717) is 22.8 Å². The minimum absolute atomic E-state index is 0.0704. The van der Waals surface area contributed by atoms with Crippen LogP contribution in [0.4, 0.5) is 26.5 Å². The predicted molar refractivity (Wildman–Crippen MR) is 190 cm³/mol. The van der Waals surface area contributed by atoms with Gasteiger partial charge in [-0.05, 0) is 30.5 Å². The number of halogens is 1. The first-order valence-electron chi connectivity index (χ1n) is 15.8. The number of nitrogens with one attached hydrogen (secondary N) is 2. The maximum Gasteiger partial charge on any atom is 0.411 e. The number of para-hydroxylation sites is 2. The number of terminal acetylenes is 1. The van der Waals surface area contributed by atoms with Crippen LogP contribution in [0.5, 0.6) is 29.0 Å². The second-order valence-corrected chi connectivity index (χ2v) is 13.9. The van der Waals surface area contributed by atoms with E-state index in [1.807, 2.05) is 4.57 Å². The van der Waals surface area contributed by atoms with Crippen molar-refractivity contribution >= 4 is 51.1 Å². The van der Waals surface area contributed by atoms with E-state index < -0.39 is 22.2 Å². The first-order valence-corrected chi connectivity index (χ1v) is 17.9. The van der Waals surface area contributed by atoms with E-state index in [-0.39, 0.29) is 59.4 Å². The molecular formula is C33H35FN8O9S2. The molecule has 2 N–H and O–H groups in total. The number of aromatic nitrogens is 4. The molecule has 0 unspecified atom stereocenters. The maximum absolute atomic E-state index is 14.5. The Kier molecular flexibility index (Phi) is 11.7. The fourth-order valence-electron chi connectivity index (χ4n) is 5.09. The molecule has 0 saturated heterocycles. The van der Waals surface area contributed by atoms with Gasteiger partial charge in [0, 0.05) is 30.6 Å². The number of rotatable bonds is 10.